The number of rotatable bonds is 3. The smallest absolute Gasteiger partial charge is 0.334 e. The summed E-state index contributed by atoms with van der Waals surface area (Å²) in [6, 6.07) is 4.73. The van der Waals surface area contributed by atoms with E-state index in [1.54, 1.807) is 12.1 Å². The summed E-state index contributed by atoms with van der Waals surface area (Å²) in [5.41, 5.74) is 0.311. The number of carboxylic acids is 1. The zero-order valence-electron chi connectivity index (χ0n) is 10.8. The van der Waals surface area contributed by atoms with Crippen LogP contribution in [0.3, 0.4) is 0 Å². The van der Waals surface area contributed by atoms with Crippen LogP contribution in [0.15, 0.2) is 18.2 Å². The Bertz CT molecular complexity index is 533. The second kappa shape index (κ2) is 6.11. The molecule has 1 aliphatic rings. The molecule has 0 saturated carbocycles. The van der Waals surface area contributed by atoms with Gasteiger partial charge >= 0.3 is 5.97 Å². The number of halogens is 1. The number of amides is 1. The minimum Gasteiger partial charge on any atom is -0.496 e. The van der Waals surface area contributed by atoms with Crippen LogP contribution in [0.4, 0.5) is 0 Å². The number of ether oxygens (including phenoxy) is 2. The van der Waals surface area contributed by atoms with Crippen LogP contribution in [0.5, 0.6) is 5.75 Å². The molecule has 6 nitrogen and oxygen atoms in total. The maximum absolute atomic E-state index is 12.4. The summed E-state index contributed by atoms with van der Waals surface area (Å²) in [6.07, 6.45) is -1.00. The Hall–Kier alpha value is -1.79. The Morgan fingerprint density at radius 3 is 2.90 bits per heavy atom. The lowest BCUT2D eigenvalue weighted by Crippen LogP contribution is -2.48. The molecule has 2 rings (SSSR count). The molecule has 0 radical (unpaired) electrons. The lowest BCUT2D eigenvalue weighted by atomic mass is 10.1. The van der Waals surface area contributed by atoms with E-state index < -0.39 is 12.1 Å². The summed E-state index contributed by atoms with van der Waals surface area (Å²) < 4.78 is 10.2. The maximum atomic E-state index is 12.4. The Morgan fingerprint density at radius 1 is 1.50 bits per heavy atom. The Balaban J connectivity index is 2.22. The Morgan fingerprint density at radius 2 is 2.25 bits per heavy atom. The van der Waals surface area contributed by atoms with E-state index >= 15 is 0 Å². The van der Waals surface area contributed by atoms with Crippen LogP contribution in [0.2, 0.25) is 5.02 Å². The molecule has 1 fully saturated rings. The lowest BCUT2D eigenvalue weighted by molar-refractivity contribution is -0.154. The number of benzene rings is 1. The molecule has 0 spiro atoms. The van der Waals surface area contributed by atoms with Crippen LogP contribution < -0.4 is 4.74 Å². The monoisotopic (exact) mass is 299 g/mol. The molecule has 0 aliphatic carbocycles. The van der Waals surface area contributed by atoms with Gasteiger partial charge in [0.25, 0.3) is 5.91 Å². The van der Waals surface area contributed by atoms with Gasteiger partial charge in [-0.15, -0.1) is 0 Å². The third-order valence-electron chi connectivity index (χ3n) is 3.02. The van der Waals surface area contributed by atoms with Crippen molar-refractivity contribution >= 4 is 23.5 Å². The van der Waals surface area contributed by atoms with Crippen molar-refractivity contribution in [1.29, 1.82) is 0 Å². The summed E-state index contributed by atoms with van der Waals surface area (Å²) in [7, 11) is 1.46. The fraction of sp³-hybridized carbons (Fsp3) is 0.385. The third-order valence-corrected chi connectivity index (χ3v) is 3.26. The Kier molecular flexibility index (Phi) is 4.46. The van der Waals surface area contributed by atoms with E-state index in [9.17, 15) is 9.59 Å². The van der Waals surface area contributed by atoms with E-state index in [-0.39, 0.29) is 19.1 Å². The number of hydrogen-bond acceptors (Lipinski definition) is 4. The van der Waals surface area contributed by atoms with Gasteiger partial charge in [0.05, 0.1) is 25.8 Å². The fourth-order valence-corrected chi connectivity index (χ4v) is 2.17. The number of nitrogens with zero attached hydrogens (tertiary/aromatic N) is 1. The van der Waals surface area contributed by atoms with Gasteiger partial charge in [-0.2, -0.15) is 0 Å². The van der Waals surface area contributed by atoms with Gasteiger partial charge in [-0.1, -0.05) is 11.6 Å². The molecule has 1 aromatic carbocycles. The predicted octanol–water partition coefficient (Wildman–Crippen LogP) is 1.27. The first-order chi connectivity index (χ1) is 9.52. The number of carboxylic acid groups (broad SMARTS) is 1. The summed E-state index contributed by atoms with van der Waals surface area (Å²) in [5.74, 6) is -1.00. The average Bonchev–Trinajstić information content (AvgIpc) is 2.46. The molecule has 1 unspecified atom stereocenters. The topological polar surface area (TPSA) is 76.1 Å². The highest BCUT2D eigenvalue weighted by atomic mass is 35.5. The number of carbonyl (C=O) groups excluding carboxylic acids is 1. The average molecular weight is 300 g/mol. The molecule has 108 valence electrons. The van der Waals surface area contributed by atoms with Gasteiger partial charge in [0.2, 0.25) is 0 Å². The number of methoxy groups -OCH3 is 1. The largest absolute Gasteiger partial charge is 0.496 e. The molecule has 20 heavy (non-hydrogen) atoms. The molecular weight excluding hydrogens is 286 g/mol. The van der Waals surface area contributed by atoms with Gasteiger partial charge in [0, 0.05) is 11.6 Å². The van der Waals surface area contributed by atoms with Crippen molar-refractivity contribution in [3.63, 3.8) is 0 Å². The van der Waals surface area contributed by atoms with Gasteiger partial charge in [-0.25, -0.2) is 4.79 Å². The zero-order chi connectivity index (χ0) is 14.7. The lowest BCUT2D eigenvalue weighted by Gasteiger charge is -2.31. The molecule has 1 atom stereocenters. The molecular formula is C13H14ClNO5. The summed E-state index contributed by atoms with van der Waals surface area (Å²) >= 11 is 5.89. The number of aliphatic carboxylic acids is 1. The molecule has 7 heteroatoms. The molecule has 0 bridgehead atoms. The van der Waals surface area contributed by atoms with Crippen molar-refractivity contribution in [2.75, 3.05) is 26.8 Å². The van der Waals surface area contributed by atoms with Crippen LogP contribution in [0, 0.1) is 0 Å². The molecule has 1 amide bonds. The highest BCUT2D eigenvalue weighted by molar-refractivity contribution is 6.31. The van der Waals surface area contributed by atoms with E-state index in [1.807, 2.05) is 0 Å². The summed E-state index contributed by atoms with van der Waals surface area (Å²) in [6.45, 7) is 0.522. The van der Waals surface area contributed by atoms with E-state index in [2.05, 4.69) is 0 Å². The highest BCUT2D eigenvalue weighted by Crippen LogP contribution is 2.24. The van der Waals surface area contributed by atoms with Crippen molar-refractivity contribution in [3.8, 4) is 5.75 Å². The third kappa shape index (κ3) is 3.02. The maximum Gasteiger partial charge on any atom is 0.334 e. The quantitative estimate of drug-likeness (QED) is 0.910. The second-order valence-electron chi connectivity index (χ2n) is 4.29. The molecule has 0 aromatic heterocycles. The van der Waals surface area contributed by atoms with Crippen LogP contribution in [-0.4, -0.2) is 54.8 Å². The predicted molar refractivity (Wildman–Crippen MR) is 71.3 cm³/mol. The van der Waals surface area contributed by atoms with Crippen LogP contribution in [-0.2, 0) is 9.53 Å². The first-order valence-electron chi connectivity index (χ1n) is 6.00. The molecule has 1 aliphatic heterocycles. The molecule has 1 N–H and O–H groups in total. The van der Waals surface area contributed by atoms with Crippen LogP contribution in [0.1, 0.15) is 10.4 Å². The van der Waals surface area contributed by atoms with Gasteiger partial charge in [-0.3, -0.25) is 4.79 Å². The number of hydrogen-bond donors (Lipinski definition) is 1. The van der Waals surface area contributed by atoms with Gasteiger partial charge in [0.1, 0.15) is 5.75 Å². The van der Waals surface area contributed by atoms with Crippen LogP contribution >= 0.6 is 11.6 Å². The van der Waals surface area contributed by atoms with Crippen molar-refractivity contribution in [1.82, 2.24) is 4.90 Å². The van der Waals surface area contributed by atoms with Crippen LogP contribution in [0.25, 0.3) is 0 Å². The first-order valence-corrected chi connectivity index (χ1v) is 6.38. The summed E-state index contributed by atoms with van der Waals surface area (Å²) in [5, 5.41) is 9.36. The minimum absolute atomic E-state index is 0.00380. The van der Waals surface area contributed by atoms with Gasteiger partial charge in [-0.05, 0) is 18.2 Å². The van der Waals surface area contributed by atoms with E-state index in [0.717, 1.165) is 0 Å². The number of carbonyl (C=O) groups is 2. The molecule has 1 aromatic rings. The standard InChI is InChI=1S/C13H14ClNO5/c1-19-10-3-2-8(14)6-9(10)12(16)15-4-5-20-11(7-15)13(17)18/h2-3,6,11H,4-5,7H2,1H3,(H,17,18). The second-order valence-corrected chi connectivity index (χ2v) is 4.73. The first kappa shape index (κ1) is 14.6. The normalized spacial score (nSPS) is 18.7. The fourth-order valence-electron chi connectivity index (χ4n) is 2.00. The SMILES string of the molecule is COc1ccc(Cl)cc1C(=O)N1CCOC(C(=O)O)C1. The van der Waals surface area contributed by atoms with E-state index in [4.69, 9.17) is 26.2 Å². The Labute approximate surface area is 120 Å². The highest BCUT2D eigenvalue weighted by Gasteiger charge is 2.30. The van der Waals surface area contributed by atoms with Crippen molar-refractivity contribution in [2.24, 2.45) is 0 Å². The summed E-state index contributed by atoms with van der Waals surface area (Å²) in [4.78, 5) is 24.8. The van der Waals surface area contributed by atoms with E-state index in [1.165, 1.54) is 18.1 Å². The van der Waals surface area contributed by atoms with Crippen molar-refractivity contribution in [2.45, 2.75) is 6.10 Å². The van der Waals surface area contributed by atoms with Crippen molar-refractivity contribution in [3.05, 3.63) is 28.8 Å². The van der Waals surface area contributed by atoms with Gasteiger partial charge < -0.3 is 19.5 Å². The van der Waals surface area contributed by atoms with E-state index in [0.29, 0.717) is 22.9 Å². The van der Waals surface area contributed by atoms with Crippen molar-refractivity contribution < 1.29 is 24.2 Å². The zero-order valence-corrected chi connectivity index (χ0v) is 11.6. The minimum atomic E-state index is -1.08. The molecule has 1 heterocycles. The van der Waals surface area contributed by atoms with Gasteiger partial charge in [0.15, 0.2) is 6.10 Å². The number of morpholine rings is 1. The molecule has 1 saturated heterocycles.